The number of anilines is 1. The van der Waals surface area contributed by atoms with Crippen LogP contribution in [0.3, 0.4) is 0 Å². The summed E-state index contributed by atoms with van der Waals surface area (Å²) >= 11 is 0. The second kappa shape index (κ2) is 7.68. The van der Waals surface area contributed by atoms with Gasteiger partial charge in [0, 0.05) is 11.9 Å². The number of carbonyl (C=O) groups excluding carboxylic acids is 1. The molecule has 1 fully saturated rings. The number of benzene rings is 2. The van der Waals surface area contributed by atoms with E-state index in [2.05, 4.69) is 45.1 Å². The van der Waals surface area contributed by atoms with Gasteiger partial charge in [-0.05, 0) is 42.6 Å². The lowest BCUT2D eigenvalue weighted by atomic mass is 9.99. The van der Waals surface area contributed by atoms with E-state index in [9.17, 15) is 4.79 Å². The van der Waals surface area contributed by atoms with Gasteiger partial charge in [0.05, 0.1) is 11.4 Å². The largest absolute Gasteiger partial charge is 0.316 e. The van der Waals surface area contributed by atoms with Gasteiger partial charge in [0.1, 0.15) is 0 Å². The molecule has 6 heteroatoms. The van der Waals surface area contributed by atoms with Gasteiger partial charge in [0.2, 0.25) is 5.91 Å². The number of amides is 1. The number of halogens is 1. The molecular weight excluding hydrogens is 336 g/mol. The molecule has 130 valence electrons. The molecule has 1 atom stereocenters. The topological polar surface area (TPSA) is 69.8 Å². The van der Waals surface area contributed by atoms with Crippen molar-refractivity contribution in [1.82, 2.24) is 15.5 Å². The molecule has 25 heavy (non-hydrogen) atoms. The van der Waals surface area contributed by atoms with Gasteiger partial charge in [-0.3, -0.25) is 9.89 Å². The third kappa shape index (κ3) is 3.67. The molecule has 4 rings (SSSR count). The maximum Gasteiger partial charge on any atom is 0.229 e. The van der Waals surface area contributed by atoms with Gasteiger partial charge in [-0.2, -0.15) is 5.10 Å². The van der Waals surface area contributed by atoms with E-state index in [1.807, 2.05) is 24.3 Å². The molecular formula is C19H21ClN4O. The van der Waals surface area contributed by atoms with Crippen molar-refractivity contribution in [2.45, 2.75) is 12.8 Å². The van der Waals surface area contributed by atoms with Crippen LogP contribution in [0.2, 0.25) is 0 Å². The first-order valence-electron chi connectivity index (χ1n) is 8.36. The summed E-state index contributed by atoms with van der Waals surface area (Å²) in [5, 5.41) is 14.5. The average molecular weight is 357 g/mol. The zero-order valence-electron chi connectivity index (χ0n) is 13.8. The van der Waals surface area contributed by atoms with Crippen molar-refractivity contribution in [3.8, 4) is 11.1 Å². The van der Waals surface area contributed by atoms with Gasteiger partial charge in [-0.25, -0.2) is 0 Å². The lowest BCUT2D eigenvalue weighted by Gasteiger charge is -2.21. The normalized spacial score (nSPS) is 17.0. The number of rotatable bonds is 3. The van der Waals surface area contributed by atoms with E-state index in [0.29, 0.717) is 5.82 Å². The molecule has 1 saturated heterocycles. The molecule has 3 N–H and O–H groups in total. The predicted molar refractivity (Wildman–Crippen MR) is 103 cm³/mol. The van der Waals surface area contributed by atoms with Crippen molar-refractivity contribution in [2.24, 2.45) is 5.92 Å². The summed E-state index contributed by atoms with van der Waals surface area (Å²) in [5.41, 5.74) is 3.18. The summed E-state index contributed by atoms with van der Waals surface area (Å²) in [4.78, 5) is 12.5. The van der Waals surface area contributed by atoms with Gasteiger partial charge < -0.3 is 10.6 Å². The fourth-order valence-electron chi connectivity index (χ4n) is 3.21. The Morgan fingerprint density at radius 1 is 1.12 bits per heavy atom. The number of nitrogens with one attached hydrogen (secondary N) is 3. The number of hydrogen-bond donors (Lipinski definition) is 3. The van der Waals surface area contributed by atoms with E-state index < -0.39 is 0 Å². The minimum absolute atomic E-state index is 0. The molecule has 1 aromatic heterocycles. The van der Waals surface area contributed by atoms with E-state index in [1.165, 1.54) is 0 Å². The third-order valence-corrected chi connectivity index (χ3v) is 4.58. The van der Waals surface area contributed by atoms with Crippen LogP contribution in [0, 0.1) is 5.92 Å². The van der Waals surface area contributed by atoms with Gasteiger partial charge in [0.25, 0.3) is 0 Å². The molecule has 1 amide bonds. The highest BCUT2D eigenvalue weighted by Crippen LogP contribution is 2.28. The van der Waals surface area contributed by atoms with Gasteiger partial charge in [-0.15, -0.1) is 12.4 Å². The molecule has 5 nitrogen and oxygen atoms in total. The number of aromatic amines is 1. The predicted octanol–water partition coefficient (Wildman–Crippen LogP) is 3.59. The van der Waals surface area contributed by atoms with Crippen molar-refractivity contribution >= 4 is 35.0 Å². The fourth-order valence-corrected chi connectivity index (χ4v) is 3.21. The van der Waals surface area contributed by atoms with Crippen molar-refractivity contribution in [3.63, 3.8) is 0 Å². The Morgan fingerprint density at radius 2 is 1.96 bits per heavy atom. The number of nitrogens with zero attached hydrogens (tertiary/aromatic N) is 1. The van der Waals surface area contributed by atoms with Crippen LogP contribution in [0.5, 0.6) is 0 Å². The smallest absolute Gasteiger partial charge is 0.229 e. The Labute approximate surface area is 152 Å². The highest BCUT2D eigenvalue weighted by molar-refractivity contribution is 6.01. The summed E-state index contributed by atoms with van der Waals surface area (Å²) in [5.74, 6) is 0.668. The monoisotopic (exact) mass is 356 g/mol. The molecule has 0 aliphatic carbocycles. The molecule has 0 saturated carbocycles. The van der Waals surface area contributed by atoms with Gasteiger partial charge >= 0.3 is 0 Å². The molecule has 1 aliphatic rings. The van der Waals surface area contributed by atoms with Crippen molar-refractivity contribution in [3.05, 3.63) is 48.5 Å². The highest BCUT2D eigenvalue weighted by atomic mass is 35.5. The van der Waals surface area contributed by atoms with Crippen LogP contribution in [-0.4, -0.2) is 29.2 Å². The number of hydrogen-bond acceptors (Lipinski definition) is 3. The van der Waals surface area contributed by atoms with Crippen molar-refractivity contribution in [2.75, 3.05) is 18.4 Å². The summed E-state index contributed by atoms with van der Waals surface area (Å²) in [6.45, 7) is 1.74. The summed E-state index contributed by atoms with van der Waals surface area (Å²) in [7, 11) is 0. The summed E-state index contributed by atoms with van der Waals surface area (Å²) in [6.07, 6.45) is 1.97. The second-order valence-corrected chi connectivity index (χ2v) is 6.23. The number of H-pyrrole nitrogens is 1. The second-order valence-electron chi connectivity index (χ2n) is 6.23. The van der Waals surface area contributed by atoms with E-state index in [-0.39, 0.29) is 24.2 Å². The molecule has 3 aromatic rings. The summed E-state index contributed by atoms with van der Waals surface area (Å²) < 4.78 is 0. The van der Waals surface area contributed by atoms with Gasteiger partial charge in [-0.1, -0.05) is 36.4 Å². The standard InChI is InChI=1S/C19H20N4O.ClH/c24-19(15-7-4-10-20-12-15)21-18-16-11-14(8-9-17(16)22-23-18)13-5-2-1-3-6-13;/h1-3,5-6,8-9,11,15,20H,4,7,10,12H2,(H2,21,22,23,24);1H/t15-;/m1./s1. The fraction of sp³-hybridized carbons (Fsp3) is 0.263. The molecule has 2 heterocycles. The number of fused-ring (bicyclic) bond motifs is 1. The van der Waals surface area contributed by atoms with E-state index in [4.69, 9.17) is 0 Å². The number of piperidine rings is 1. The Kier molecular flexibility index (Phi) is 5.36. The van der Waals surface area contributed by atoms with E-state index in [0.717, 1.165) is 48.0 Å². The van der Waals surface area contributed by atoms with Crippen LogP contribution in [-0.2, 0) is 4.79 Å². The molecule has 1 aliphatic heterocycles. The highest BCUT2D eigenvalue weighted by Gasteiger charge is 2.22. The Hall–Kier alpha value is -2.37. The third-order valence-electron chi connectivity index (χ3n) is 4.58. The first kappa shape index (κ1) is 17.5. The lowest BCUT2D eigenvalue weighted by Crippen LogP contribution is -2.37. The average Bonchev–Trinajstić information content (AvgIpc) is 3.05. The first-order chi connectivity index (χ1) is 11.8. The Bertz CT molecular complexity index is 856. The maximum absolute atomic E-state index is 12.5. The van der Waals surface area contributed by atoms with Crippen LogP contribution in [0.15, 0.2) is 48.5 Å². The molecule has 2 aromatic carbocycles. The lowest BCUT2D eigenvalue weighted by molar-refractivity contribution is -0.120. The number of carbonyl (C=O) groups is 1. The van der Waals surface area contributed by atoms with Crippen LogP contribution in [0.25, 0.3) is 22.0 Å². The minimum atomic E-state index is 0. The quantitative estimate of drug-likeness (QED) is 0.671. The summed E-state index contributed by atoms with van der Waals surface area (Å²) in [6, 6.07) is 16.3. The SMILES string of the molecule is Cl.O=C(Nc1n[nH]c2ccc(-c3ccccc3)cc12)[C@@H]1CCCNC1. The molecule has 0 bridgehead atoms. The van der Waals surface area contributed by atoms with Crippen molar-refractivity contribution in [1.29, 1.82) is 0 Å². The molecule has 0 unspecified atom stereocenters. The van der Waals surface area contributed by atoms with E-state index >= 15 is 0 Å². The zero-order chi connectivity index (χ0) is 16.4. The van der Waals surface area contributed by atoms with Crippen molar-refractivity contribution < 1.29 is 4.79 Å². The van der Waals surface area contributed by atoms with Crippen LogP contribution in [0.1, 0.15) is 12.8 Å². The van der Waals surface area contributed by atoms with Crippen LogP contribution >= 0.6 is 12.4 Å². The van der Waals surface area contributed by atoms with Crippen LogP contribution in [0.4, 0.5) is 5.82 Å². The zero-order valence-corrected chi connectivity index (χ0v) is 14.6. The Morgan fingerprint density at radius 3 is 2.72 bits per heavy atom. The molecule has 0 radical (unpaired) electrons. The Balaban J connectivity index is 0.00000182. The van der Waals surface area contributed by atoms with E-state index in [1.54, 1.807) is 0 Å². The van der Waals surface area contributed by atoms with Gasteiger partial charge in [0.15, 0.2) is 5.82 Å². The number of aromatic nitrogens is 2. The first-order valence-corrected chi connectivity index (χ1v) is 8.36. The minimum Gasteiger partial charge on any atom is -0.316 e. The maximum atomic E-state index is 12.5. The van der Waals surface area contributed by atoms with Crippen LogP contribution < -0.4 is 10.6 Å². The molecule has 0 spiro atoms.